The second-order valence-electron chi connectivity index (χ2n) is 4.10. The Kier molecular flexibility index (Phi) is 3.60. The summed E-state index contributed by atoms with van der Waals surface area (Å²) in [5.41, 5.74) is 7.26. The third kappa shape index (κ3) is 2.17. The van der Waals surface area contributed by atoms with Crippen molar-refractivity contribution < 1.29 is 0 Å². The molecule has 0 aliphatic carbocycles. The van der Waals surface area contributed by atoms with Crippen LogP contribution in [0, 0.1) is 0 Å². The Labute approximate surface area is 100 Å². The zero-order valence-corrected chi connectivity index (χ0v) is 10.3. The van der Waals surface area contributed by atoms with Gasteiger partial charge in [-0.3, -0.25) is 0 Å². The number of rotatable bonds is 3. The molecule has 0 amide bonds. The van der Waals surface area contributed by atoms with Gasteiger partial charge < -0.3 is 5.73 Å². The van der Waals surface area contributed by atoms with Gasteiger partial charge in [-0.2, -0.15) is 11.8 Å². The number of nitrogens with two attached hydrogens (primary N) is 1. The van der Waals surface area contributed by atoms with Crippen LogP contribution in [0.25, 0.3) is 0 Å². The summed E-state index contributed by atoms with van der Waals surface area (Å²) in [6, 6.07) is 8.20. The third-order valence-electron chi connectivity index (χ3n) is 3.17. The molecule has 2 N–H and O–H groups in total. The zero-order valence-electron chi connectivity index (χ0n) is 8.71. The minimum atomic E-state index is 0.234. The topological polar surface area (TPSA) is 26.0 Å². The van der Waals surface area contributed by atoms with Gasteiger partial charge in [-0.15, -0.1) is 0 Å². The molecular formula is C12H16ClNS. The molecule has 1 atom stereocenters. The van der Waals surface area contributed by atoms with E-state index in [-0.39, 0.29) is 5.41 Å². The molecule has 3 heteroatoms. The van der Waals surface area contributed by atoms with Gasteiger partial charge in [-0.05, 0) is 36.8 Å². The van der Waals surface area contributed by atoms with E-state index in [2.05, 4.69) is 12.1 Å². The standard InChI is InChI=1S/C12H16ClNS/c13-11-4-2-1-3-10(11)12(5-7-14)6-8-15-9-12/h1-4H,5-9,14H2. The molecule has 0 spiro atoms. The summed E-state index contributed by atoms with van der Waals surface area (Å²) in [5, 5.41) is 0.897. The van der Waals surface area contributed by atoms with Crippen molar-refractivity contribution in [2.75, 3.05) is 18.1 Å². The van der Waals surface area contributed by atoms with Gasteiger partial charge in [0.25, 0.3) is 0 Å². The van der Waals surface area contributed by atoms with Crippen molar-refractivity contribution in [3.8, 4) is 0 Å². The molecule has 1 heterocycles. The van der Waals surface area contributed by atoms with Gasteiger partial charge in [0, 0.05) is 16.2 Å². The number of halogens is 1. The highest BCUT2D eigenvalue weighted by molar-refractivity contribution is 7.99. The zero-order chi connectivity index (χ0) is 10.7. The maximum absolute atomic E-state index is 6.28. The van der Waals surface area contributed by atoms with Crippen LogP contribution in [-0.4, -0.2) is 18.1 Å². The van der Waals surface area contributed by atoms with E-state index in [4.69, 9.17) is 17.3 Å². The summed E-state index contributed by atoms with van der Waals surface area (Å²) in [6.45, 7) is 0.742. The highest BCUT2D eigenvalue weighted by Gasteiger charge is 2.36. The van der Waals surface area contributed by atoms with E-state index in [0.717, 1.165) is 23.7 Å². The van der Waals surface area contributed by atoms with E-state index < -0.39 is 0 Å². The van der Waals surface area contributed by atoms with Crippen LogP contribution in [0.2, 0.25) is 5.02 Å². The van der Waals surface area contributed by atoms with Crippen molar-refractivity contribution in [2.24, 2.45) is 5.73 Å². The Balaban J connectivity index is 2.36. The van der Waals surface area contributed by atoms with Gasteiger partial charge >= 0.3 is 0 Å². The molecule has 1 nitrogen and oxygen atoms in total. The van der Waals surface area contributed by atoms with Crippen molar-refractivity contribution in [2.45, 2.75) is 18.3 Å². The highest BCUT2D eigenvalue weighted by atomic mass is 35.5. The molecule has 15 heavy (non-hydrogen) atoms. The van der Waals surface area contributed by atoms with Crippen LogP contribution in [0.1, 0.15) is 18.4 Å². The summed E-state index contributed by atoms with van der Waals surface area (Å²) in [7, 11) is 0. The van der Waals surface area contributed by atoms with Crippen molar-refractivity contribution in [3.63, 3.8) is 0 Å². The smallest absolute Gasteiger partial charge is 0.0443 e. The second-order valence-corrected chi connectivity index (χ2v) is 5.61. The summed E-state index contributed by atoms with van der Waals surface area (Å²) in [4.78, 5) is 0. The molecule has 0 saturated carbocycles. The quantitative estimate of drug-likeness (QED) is 0.880. The van der Waals surface area contributed by atoms with Crippen LogP contribution in [0.3, 0.4) is 0 Å². The lowest BCUT2D eigenvalue weighted by Gasteiger charge is -2.29. The predicted octanol–water partition coefficient (Wildman–Crippen LogP) is 3.06. The van der Waals surface area contributed by atoms with E-state index in [9.17, 15) is 0 Å². The number of hydrogen-bond donors (Lipinski definition) is 1. The first kappa shape index (κ1) is 11.3. The predicted molar refractivity (Wildman–Crippen MR) is 68.7 cm³/mol. The van der Waals surface area contributed by atoms with Crippen molar-refractivity contribution in [1.29, 1.82) is 0 Å². The van der Waals surface area contributed by atoms with E-state index in [1.165, 1.54) is 17.7 Å². The lowest BCUT2D eigenvalue weighted by Crippen LogP contribution is -2.29. The minimum absolute atomic E-state index is 0.234. The van der Waals surface area contributed by atoms with Gasteiger partial charge in [0.05, 0.1) is 0 Å². The Hall–Kier alpha value is -0.180. The highest BCUT2D eigenvalue weighted by Crippen LogP contribution is 2.43. The van der Waals surface area contributed by atoms with Crippen molar-refractivity contribution >= 4 is 23.4 Å². The summed E-state index contributed by atoms with van der Waals surface area (Å²) >= 11 is 8.29. The molecule has 0 bridgehead atoms. The van der Waals surface area contributed by atoms with Gasteiger partial charge in [0.1, 0.15) is 0 Å². The van der Waals surface area contributed by atoms with Gasteiger partial charge in [-0.25, -0.2) is 0 Å². The fraction of sp³-hybridized carbons (Fsp3) is 0.500. The molecule has 1 aromatic carbocycles. The third-order valence-corrected chi connectivity index (χ3v) is 4.75. The first-order valence-corrected chi connectivity index (χ1v) is 6.85. The Morgan fingerprint density at radius 2 is 2.20 bits per heavy atom. The van der Waals surface area contributed by atoms with Gasteiger partial charge in [-0.1, -0.05) is 29.8 Å². The van der Waals surface area contributed by atoms with Gasteiger partial charge in [0.2, 0.25) is 0 Å². The molecule has 1 aliphatic rings. The molecule has 82 valence electrons. The number of thioether (sulfide) groups is 1. The molecule has 1 aliphatic heterocycles. The van der Waals surface area contributed by atoms with Crippen LogP contribution < -0.4 is 5.73 Å². The van der Waals surface area contributed by atoms with E-state index in [1.807, 2.05) is 23.9 Å². The summed E-state index contributed by atoms with van der Waals surface area (Å²) < 4.78 is 0. The lowest BCUT2D eigenvalue weighted by atomic mass is 9.77. The average molecular weight is 242 g/mol. The second kappa shape index (κ2) is 4.77. The van der Waals surface area contributed by atoms with E-state index in [1.54, 1.807) is 0 Å². The first-order valence-electron chi connectivity index (χ1n) is 5.31. The molecule has 1 aromatic rings. The van der Waals surface area contributed by atoms with Crippen LogP contribution in [0.15, 0.2) is 24.3 Å². The molecule has 0 aromatic heterocycles. The molecule has 2 rings (SSSR count). The number of hydrogen-bond acceptors (Lipinski definition) is 2. The Morgan fingerprint density at radius 1 is 1.40 bits per heavy atom. The Bertz CT molecular complexity index is 334. The van der Waals surface area contributed by atoms with Crippen LogP contribution in [0.4, 0.5) is 0 Å². The molecular weight excluding hydrogens is 226 g/mol. The summed E-state index contributed by atoms with van der Waals surface area (Å²) in [5.74, 6) is 2.39. The largest absolute Gasteiger partial charge is 0.330 e. The fourth-order valence-electron chi connectivity index (χ4n) is 2.32. The van der Waals surface area contributed by atoms with Gasteiger partial charge in [0.15, 0.2) is 0 Å². The lowest BCUT2D eigenvalue weighted by molar-refractivity contribution is 0.453. The maximum atomic E-state index is 6.28. The van der Waals surface area contributed by atoms with Crippen LogP contribution >= 0.6 is 23.4 Å². The van der Waals surface area contributed by atoms with Crippen LogP contribution in [-0.2, 0) is 5.41 Å². The van der Waals surface area contributed by atoms with Crippen LogP contribution in [0.5, 0.6) is 0 Å². The molecule has 1 fully saturated rings. The summed E-state index contributed by atoms with van der Waals surface area (Å²) in [6.07, 6.45) is 2.25. The average Bonchev–Trinajstić information content (AvgIpc) is 2.69. The minimum Gasteiger partial charge on any atom is -0.330 e. The monoisotopic (exact) mass is 241 g/mol. The fourth-order valence-corrected chi connectivity index (χ4v) is 4.17. The SMILES string of the molecule is NCCC1(c2ccccc2Cl)CCSC1. The molecule has 1 unspecified atom stereocenters. The maximum Gasteiger partial charge on any atom is 0.0443 e. The van der Waals surface area contributed by atoms with E-state index in [0.29, 0.717) is 0 Å². The first-order chi connectivity index (χ1) is 7.28. The molecule has 0 radical (unpaired) electrons. The van der Waals surface area contributed by atoms with Crippen molar-refractivity contribution in [3.05, 3.63) is 34.9 Å². The van der Waals surface area contributed by atoms with Crippen molar-refractivity contribution in [1.82, 2.24) is 0 Å². The molecule has 1 saturated heterocycles. The number of benzene rings is 1. The van der Waals surface area contributed by atoms with E-state index >= 15 is 0 Å². The Morgan fingerprint density at radius 3 is 2.80 bits per heavy atom. The normalized spacial score (nSPS) is 25.7.